The first-order valence-electron chi connectivity index (χ1n) is 10.7. The fourth-order valence-corrected chi connectivity index (χ4v) is 4.71. The Morgan fingerprint density at radius 3 is 1.44 bits per heavy atom. The van der Waals surface area contributed by atoms with E-state index >= 15 is 0 Å². The fourth-order valence-electron chi connectivity index (χ4n) is 3.71. The smallest absolute Gasteiger partial charge is 0.0588 e. The van der Waals surface area contributed by atoms with E-state index in [9.17, 15) is 0 Å². The van der Waals surface area contributed by atoms with Gasteiger partial charge in [0.05, 0.1) is 5.71 Å². The summed E-state index contributed by atoms with van der Waals surface area (Å²) < 4.78 is 0. The first-order valence-corrected chi connectivity index (χ1v) is 12.1. The van der Waals surface area contributed by atoms with E-state index in [2.05, 4.69) is 122 Å². The molecule has 4 aromatic rings. The lowest BCUT2D eigenvalue weighted by Crippen LogP contribution is -2.08. The summed E-state index contributed by atoms with van der Waals surface area (Å²) in [4.78, 5) is 5.11. The molecular weight excluding hydrogens is 424 g/mol. The van der Waals surface area contributed by atoms with Crippen molar-refractivity contribution < 1.29 is 0 Å². The second-order valence-corrected chi connectivity index (χ2v) is 8.94. The number of allylic oxidation sites excluding steroid dienone is 1. The number of hydrogen-bond acceptors (Lipinski definition) is 1. The Morgan fingerprint density at radius 1 is 0.531 bits per heavy atom. The minimum atomic E-state index is 0.0894. The molecule has 4 atom stereocenters. The third-order valence-corrected chi connectivity index (χ3v) is 6.91. The average molecular weight is 451 g/mol. The van der Waals surface area contributed by atoms with Gasteiger partial charge in [0.1, 0.15) is 0 Å². The third kappa shape index (κ3) is 5.49. The van der Waals surface area contributed by atoms with Crippen molar-refractivity contribution in [1.29, 1.82) is 0 Å². The lowest BCUT2D eigenvalue weighted by atomic mass is 9.98. The molecule has 0 fully saturated rings. The Morgan fingerprint density at radius 2 is 0.938 bits per heavy atom. The first-order chi connectivity index (χ1) is 15.7. The fraction of sp³-hybridized carbons (Fsp3) is 0.0690. The van der Waals surface area contributed by atoms with Gasteiger partial charge in [-0.3, -0.25) is 4.99 Å². The number of hydrogen-bond donors (Lipinski definition) is 0. The molecule has 0 heterocycles. The SMILES string of the molecule is PC(C(=N/C=C(\c1ccccc1)C(P)c1ccccc1)c1ccccc1)c1ccccc1. The Labute approximate surface area is 195 Å². The maximum absolute atomic E-state index is 5.11. The molecule has 0 spiro atoms. The van der Waals surface area contributed by atoms with Gasteiger partial charge in [0.25, 0.3) is 0 Å². The molecule has 3 heteroatoms. The summed E-state index contributed by atoms with van der Waals surface area (Å²) in [7, 11) is 5.98. The predicted octanol–water partition coefficient (Wildman–Crippen LogP) is 7.75. The lowest BCUT2D eigenvalue weighted by Gasteiger charge is -2.18. The monoisotopic (exact) mass is 451 g/mol. The van der Waals surface area contributed by atoms with Gasteiger partial charge >= 0.3 is 0 Å². The molecule has 0 radical (unpaired) electrons. The Balaban J connectivity index is 1.82. The van der Waals surface area contributed by atoms with Gasteiger partial charge in [0, 0.05) is 17.5 Å². The quantitative estimate of drug-likeness (QED) is 0.201. The molecule has 4 rings (SSSR count). The molecule has 0 bridgehead atoms. The number of nitrogens with zero attached hydrogens (tertiary/aromatic N) is 1. The molecule has 0 aliphatic rings. The third-order valence-electron chi connectivity index (χ3n) is 5.47. The summed E-state index contributed by atoms with van der Waals surface area (Å²) in [5.41, 5.74) is 7.19. The zero-order valence-electron chi connectivity index (χ0n) is 17.9. The van der Waals surface area contributed by atoms with Crippen molar-refractivity contribution in [3.8, 4) is 0 Å². The molecule has 0 aliphatic heterocycles. The molecule has 0 N–H and O–H groups in total. The highest BCUT2D eigenvalue weighted by atomic mass is 31.0. The van der Waals surface area contributed by atoms with Gasteiger partial charge in [0.15, 0.2) is 0 Å². The molecule has 0 saturated carbocycles. The zero-order valence-corrected chi connectivity index (χ0v) is 20.2. The molecular formula is C29H27NP2. The van der Waals surface area contributed by atoms with Crippen molar-refractivity contribution in [2.24, 2.45) is 4.99 Å². The second-order valence-electron chi connectivity index (χ2n) is 7.61. The minimum Gasteiger partial charge on any atom is -0.259 e. The summed E-state index contributed by atoms with van der Waals surface area (Å²) in [6.07, 6.45) is 2.04. The highest BCUT2D eigenvalue weighted by Gasteiger charge is 2.17. The van der Waals surface area contributed by atoms with Gasteiger partial charge in [-0.2, -0.15) is 0 Å². The summed E-state index contributed by atoms with van der Waals surface area (Å²) >= 11 is 0. The van der Waals surface area contributed by atoms with Crippen LogP contribution in [-0.4, -0.2) is 5.71 Å². The molecule has 4 unspecified atom stereocenters. The zero-order chi connectivity index (χ0) is 22.2. The van der Waals surface area contributed by atoms with Gasteiger partial charge in [0.2, 0.25) is 0 Å². The van der Waals surface area contributed by atoms with Crippen LogP contribution in [0.2, 0.25) is 0 Å². The van der Waals surface area contributed by atoms with E-state index in [0.717, 1.165) is 11.3 Å². The molecule has 0 amide bonds. The van der Waals surface area contributed by atoms with Crippen LogP contribution in [0.25, 0.3) is 5.57 Å². The largest absolute Gasteiger partial charge is 0.259 e. The molecule has 158 valence electrons. The van der Waals surface area contributed by atoms with Crippen LogP contribution in [0.4, 0.5) is 0 Å². The van der Waals surface area contributed by atoms with Crippen LogP contribution in [0.15, 0.2) is 133 Å². The maximum atomic E-state index is 5.11. The van der Waals surface area contributed by atoms with Crippen LogP contribution in [0, 0.1) is 0 Å². The van der Waals surface area contributed by atoms with Crippen molar-refractivity contribution >= 4 is 29.8 Å². The van der Waals surface area contributed by atoms with Crippen molar-refractivity contribution in [2.45, 2.75) is 11.3 Å². The van der Waals surface area contributed by atoms with Crippen LogP contribution in [0.1, 0.15) is 33.6 Å². The van der Waals surface area contributed by atoms with E-state index in [-0.39, 0.29) is 11.3 Å². The van der Waals surface area contributed by atoms with Crippen LogP contribution >= 0.6 is 18.5 Å². The van der Waals surface area contributed by atoms with Crippen molar-refractivity contribution in [3.05, 3.63) is 150 Å². The van der Waals surface area contributed by atoms with Gasteiger partial charge in [-0.05, 0) is 27.8 Å². The molecule has 32 heavy (non-hydrogen) atoms. The van der Waals surface area contributed by atoms with Crippen LogP contribution in [-0.2, 0) is 0 Å². The van der Waals surface area contributed by atoms with Crippen LogP contribution in [0.5, 0.6) is 0 Å². The Bertz CT molecular complexity index is 1070. The van der Waals surface area contributed by atoms with Crippen LogP contribution < -0.4 is 0 Å². The highest BCUT2D eigenvalue weighted by molar-refractivity contribution is 7.19. The summed E-state index contributed by atoms with van der Waals surface area (Å²) in [5.74, 6) is 0. The van der Waals surface area contributed by atoms with Crippen LogP contribution in [0.3, 0.4) is 0 Å². The van der Waals surface area contributed by atoms with E-state index in [0.29, 0.717) is 0 Å². The van der Waals surface area contributed by atoms with Gasteiger partial charge in [-0.25, -0.2) is 0 Å². The van der Waals surface area contributed by atoms with Crippen molar-refractivity contribution in [3.63, 3.8) is 0 Å². The average Bonchev–Trinajstić information content (AvgIpc) is 2.88. The van der Waals surface area contributed by atoms with Crippen molar-refractivity contribution in [2.75, 3.05) is 0 Å². The number of aliphatic imine (C=N–C) groups is 1. The predicted molar refractivity (Wildman–Crippen MR) is 145 cm³/mol. The highest BCUT2D eigenvalue weighted by Crippen LogP contribution is 2.38. The summed E-state index contributed by atoms with van der Waals surface area (Å²) in [6.45, 7) is 0. The minimum absolute atomic E-state index is 0.0894. The van der Waals surface area contributed by atoms with Gasteiger partial charge < -0.3 is 0 Å². The Hall–Kier alpha value is -2.85. The standard InChI is InChI=1S/C29H27NP2/c31-28(24-17-9-3-10-18-24)26(22-13-5-1-6-14-22)21-30-27(23-15-7-2-8-16-23)29(32)25-19-11-4-12-20-25/h1-21,28-29H,31-32H2/b26-21+,30-27?. The van der Waals surface area contributed by atoms with Gasteiger partial charge in [-0.1, -0.05) is 121 Å². The van der Waals surface area contributed by atoms with E-state index in [1.165, 1.54) is 22.3 Å². The lowest BCUT2D eigenvalue weighted by molar-refractivity contribution is 1.22. The summed E-state index contributed by atoms with van der Waals surface area (Å²) in [5, 5.41) is 0. The van der Waals surface area contributed by atoms with E-state index in [1.54, 1.807) is 0 Å². The Kier molecular flexibility index (Phi) is 7.78. The second kappa shape index (κ2) is 11.1. The van der Waals surface area contributed by atoms with Gasteiger partial charge in [-0.15, -0.1) is 18.5 Å². The van der Waals surface area contributed by atoms with E-state index < -0.39 is 0 Å². The molecule has 1 nitrogen and oxygen atoms in total. The number of benzene rings is 4. The normalized spacial score (nSPS) is 14.1. The first kappa shape index (κ1) is 22.3. The molecule has 0 saturated heterocycles. The van der Waals surface area contributed by atoms with E-state index in [1.807, 2.05) is 24.4 Å². The molecule has 0 aromatic heterocycles. The molecule has 4 aromatic carbocycles. The van der Waals surface area contributed by atoms with Crippen molar-refractivity contribution in [1.82, 2.24) is 0 Å². The molecule has 0 aliphatic carbocycles. The summed E-state index contributed by atoms with van der Waals surface area (Å²) in [6, 6.07) is 42.0. The van der Waals surface area contributed by atoms with E-state index in [4.69, 9.17) is 4.99 Å². The maximum Gasteiger partial charge on any atom is 0.0588 e. The topological polar surface area (TPSA) is 12.4 Å². The number of rotatable bonds is 7.